The maximum absolute atomic E-state index is 10.4. The Kier molecular flexibility index (Phi) is 2.03. The van der Waals surface area contributed by atoms with Crippen LogP contribution in [-0.4, -0.2) is 35.1 Å². The van der Waals surface area contributed by atoms with Gasteiger partial charge in [0.1, 0.15) is 0 Å². The molecule has 4 heteroatoms. The number of hydrogen-bond acceptors (Lipinski definition) is 3. The van der Waals surface area contributed by atoms with Gasteiger partial charge < -0.3 is 5.11 Å². The van der Waals surface area contributed by atoms with Gasteiger partial charge in [0, 0.05) is 11.9 Å². The van der Waals surface area contributed by atoms with Crippen molar-refractivity contribution in [2.45, 2.75) is 25.9 Å². The van der Waals surface area contributed by atoms with Crippen molar-refractivity contribution < 1.29 is 9.90 Å². The van der Waals surface area contributed by atoms with Crippen LogP contribution in [0.25, 0.3) is 0 Å². The number of carboxylic acids is 1. The lowest BCUT2D eigenvalue weighted by atomic mass is 10.2. The fourth-order valence-corrected chi connectivity index (χ4v) is 0.798. The molecule has 0 bridgehead atoms. The molecular formula is C7H10N2O2. The Labute approximate surface area is 64.7 Å². The van der Waals surface area contributed by atoms with Gasteiger partial charge in [-0.2, -0.15) is 0 Å². The van der Waals surface area contributed by atoms with Crippen LogP contribution in [0, 0.1) is 0 Å². The summed E-state index contributed by atoms with van der Waals surface area (Å²) in [4.78, 5) is 18.3. The van der Waals surface area contributed by atoms with Gasteiger partial charge in [-0.25, -0.2) is 4.79 Å². The van der Waals surface area contributed by atoms with Crippen LogP contribution in [0.1, 0.15) is 13.8 Å². The molecule has 11 heavy (non-hydrogen) atoms. The number of nitrogens with zero attached hydrogens (tertiary/aromatic N) is 2. The van der Waals surface area contributed by atoms with E-state index in [9.17, 15) is 4.79 Å². The lowest BCUT2D eigenvalue weighted by Crippen LogP contribution is -2.28. The van der Waals surface area contributed by atoms with Gasteiger partial charge in [-0.1, -0.05) is 0 Å². The van der Waals surface area contributed by atoms with Crippen LogP contribution in [0.2, 0.25) is 0 Å². The zero-order valence-corrected chi connectivity index (χ0v) is 6.48. The third kappa shape index (κ3) is 1.63. The molecular weight excluding hydrogens is 144 g/mol. The molecule has 0 aliphatic carbocycles. The fraction of sp³-hybridized carbons (Fsp3) is 0.571. The summed E-state index contributed by atoms with van der Waals surface area (Å²) in [7, 11) is 0. The first-order chi connectivity index (χ1) is 5.11. The minimum absolute atomic E-state index is 0.0330. The number of hydrogen-bond donors (Lipinski definition) is 1. The molecule has 1 heterocycles. The lowest BCUT2D eigenvalue weighted by Gasteiger charge is -2.13. The summed E-state index contributed by atoms with van der Waals surface area (Å²) >= 11 is 0. The Balaban J connectivity index is 2.77. The summed E-state index contributed by atoms with van der Waals surface area (Å²) in [6.45, 7) is 3.67. The van der Waals surface area contributed by atoms with Crippen molar-refractivity contribution >= 4 is 17.9 Å². The molecule has 0 aromatic rings. The molecule has 4 nitrogen and oxygen atoms in total. The first kappa shape index (κ1) is 7.91. The van der Waals surface area contributed by atoms with Gasteiger partial charge in [0.05, 0.1) is 6.04 Å². The molecule has 0 saturated carbocycles. The van der Waals surface area contributed by atoms with E-state index in [0.717, 1.165) is 5.71 Å². The van der Waals surface area contributed by atoms with E-state index < -0.39 is 12.0 Å². The van der Waals surface area contributed by atoms with Crippen molar-refractivity contribution in [3.8, 4) is 0 Å². The third-order valence-electron chi connectivity index (χ3n) is 1.65. The predicted octanol–water partition coefficient (Wildman–Crippen LogP) is 0.373. The van der Waals surface area contributed by atoms with Crippen molar-refractivity contribution in [2.24, 2.45) is 9.98 Å². The number of aliphatic carboxylic acids is 1. The van der Waals surface area contributed by atoms with Crippen molar-refractivity contribution in [1.82, 2.24) is 0 Å². The van der Waals surface area contributed by atoms with E-state index >= 15 is 0 Å². The van der Waals surface area contributed by atoms with E-state index in [1.807, 2.05) is 6.92 Å². The van der Waals surface area contributed by atoms with Gasteiger partial charge in [-0.05, 0) is 13.8 Å². The first-order valence-electron chi connectivity index (χ1n) is 3.41. The Bertz CT molecular complexity index is 233. The highest BCUT2D eigenvalue weighted by molar-refractivity contribution is 6.01. The predicted molar refractivity (Wildman–Crippen MR) is 42.5 cm³/mol. The Morgan fingerprint density at radius 2 is 2.36 bits per heavy atom. The maximum Gasteiger partial charge on any atom is 0.334 e. The first-order valence-corrected chi connectivity index (χ1v) is 3.41. The van der Waals surface area contributed by atoms with E-state index in [1.165, 1.54) is 6.21 Å². The Morgan fingerprint density at radius 1 is 1.73 bits per heavy atom. The summed E-state index contributed by atoms with van der Waals surface area (Å²) in [6, 6.07) is -0.739. The summed E-state index contributed by atoms with van der Waals surface area (Å²) in [5, 5.41) is 8.54. The number of rotatable bonds is 1. The van der Waals surface area contributed by atoms with Gasteiger partial charge in [0.15, 0.2) is 6.04 Å². The highest BCUT2D eigenvalue weighted by Crippen LogP contribution is 2.03. The van der Waals surface area contributed by atoms with Gasteiger partial charge in [-0.3, -0.25) is 9.98 Å². The number of carboxylic acid groups (broad SMARTS) is 1. The molecule has 0 aromatic carbocycles. The molecule has 60 valence electrons. The standard InChI is InChI=1S/C7H10N2O2/c1-4-5(2)9-6(3-8-4)7(10)11/h3-4,6H,1-2H3,(H,10,11)/t4-,6+/m1/s1. The van der Waals surface area contributed by atoms with Crippen LogP contribution in [0.5, 0.6) is 0 Å². The summed E-state index contributed by atoms with van der Waals surface area (Å²) in [6.07, 6.45) is 1.38. The second-order valence-electron chi connectivity index (χ2n) is 2.53. The highest BCUT2D eigenvalue weighted by Gasteiger charge is 2.18. The molecule has 1 rings (SSSR count). The molecule has 0 amide bonds. The molecule has 1 aliphatic rings. The summed E-state index contributed by atoms with van der Waals surface area (Å²) in [5.74, 6) is -0.944. The maximum atomic E-state index is 10.4. The molecule has 0 saturated heterocycles. The van der Waals surface area contributed by atoms with Crippen molar-refractivity contribution in [3.63, 3.8) is 0 Å². The van der Waals surface area contributed by atoms with Crippen LogP contribution in [0.3, 0.4) is 0 Å². The normalized spacial score (nSPS) is 29.8. The van der Waals surface area contributed by atoms with E-state index in [0.29, 0.717) is 0 Å². The van der Waals surface area contributed by atoms with Crippen LogP contribution in [-0.2, 0) is 4.79 Å². The van der Waals surface area contributed by atoms with Crippen LogP contribution < -0.4 is 0 Å². The summed E-state index contributed by atoms with van der Waals surface area (Å²) < 4.78 is 0. The van der Waals surface area contributed by atoms with Gasteiger partial charge in [-0.15, -0.1) is 0 Å². The summed E-state index contributed by atoms with van der Waals surface area (Å²) in [5.41, 5.74) is 0.778. The molecule has 0 fully saturated rings. The van der Waals surface area contributed by atoms with Gasteiger partial charge in [0.25, 0.3) is 0 Å². The molecule has 1 N–H and O–H groups in total. The molecule has 0 radical (unpaired) electrons. The largest absolute Gasteiger partial charge is 0.479 e. The molecule has 0 spiro atoms. The molecule has 1 aliphatic heterocycles. The van der Waals surface area contributed by atoms with Crippen molar-refractivity contribution in [2.75, 3.05) is 0 Å². The minimum Gasteiger partial charge on any atom is -0.479 e. The van der Waals surface area contributed by atoms with Gasteiger partial charge >= 0.3 is 5.97 Å². The van der Waals surface area contributed by atoms with Crippen LogP contribution >= 0.6 is 0 Å². The van der Waals surface area contributed by atoms with E-state index in [-0.39, 0.29) is 6.04 Å². The van der Waals surface area contributed by atoms with E-state index in [4.69, 9.17) is 5.11 Å². The average molecular weight is 154 g/mol. The van der Waals surface area contributed by atoms with E-state index in [1.54, 1.807) is 6.92 Å². The Morgan fingerprint density at radius 3 is 2.82 bits per heavy atom. The lowest BCUT2D eigenvalue weighted by molar-refractivity contribution is -0.136. The Hall–Kier alpha value is -1.19. The van der Waals surface area contributed by atoms with Gasteiger partial charge in [0.2, 0.25) is 0 Å². The molecule has 0 unspecified atom stereocenters. The van der Waals surface area contributed by atoms with Crippen LogP contribution in [0.15, 0.2) is 9.98 Å². The third-order valence-corrected chi connectivity index (χ3v) is 1.65. The fourth-order valence-electron chi connectivity index (χ4n) is 0.798. The number of aliphatic imine (C=N–C) groups is 2. The average Bonchev–Trinajstić information content (AvgIpc) is 1.94. The quantitative estimate of drug-likeness (QED) is 0.593. The monoisotopic (exact) mass is 154 g/mol. The minimum atomic E-state index is -0.944. The SMILES string of the molecule is CC1=N[C@H](C(=O)O)C=N[C@@H]1C. The second kappa shape index (κ2) is 2.82. The topological polar surface area (TPSA) is 62.0 Å². The second-order valence-corrected chi connectivity index (χ2v) is 2.53. The van der Waals surface area contributed by atoms with Crippen LogP contribution in [0.4, 0.5) is 0 Å². The molecule has 0 aromatic heterocycles. The smallest absolute Gasteiger partial charge is 0.334 e. The zero-order chi connectivity index (χ0) is 8.43. The highest BCUT2D eigenvalue weighted by atomic mass is 16.4. The van der Waals surface area contributed by atoms with E-state index in [2.05, 4.69) is 9.98 Å². The van der Waals surface area contributed by atoms with Crippen molar-refractivity contribution in [1.29, 1.82) is 0 Å². The van der Waals surface area contributed by atoms with Crippen molar-refractivity contribution in [3.05, 3.63) is 0 Å². The molecule has 2 atom stereocenters. The zero-order valence-electron chi connectivity index (χ0n) is 6.48. The number of carbonyl (C=O) groups is 1.